The fraction of sp³-hybridized carbons (Fsp3) is 0.0625. The van der Waals surface area contributed by atoms with Crippen molar-refractivity contribution >= 4 is 15.8 Å². The molecule has 2 aromatic rings. The van der Waals surface area contributed by atoms with E-state index in [-0.39, 0.29) is 10.6 Å². The summed E-state index contributed by atoms with van der Waals surface area (Å²) in [6.45, 7) is 1.60. The van der Waals surface area contributed by atoms with Gasteiger partial charge in [-0.3, -0.25) is 14.4 Å². The molecule has 0 aliphatic heterocycles. The van der Waals surface area contributed by atoms with E-state index in [9.17, 15) is 13.2 Å². The van der Waals surface area contributed by atoms with Crippen LogP contribution in [-0.4, -0.2) is 22.8 Å². The van der Waals surface area contributed by atoms with Crippen molar-refractivity contribution < 1.29 is 13.0 Å². The number of H-pyrrole nitrogens is 1. The molecule has 3 N–H and O–H groups in total. The molecular weight excluding hydrogens is 344 g/mol. The normalized spacial score (nSPS) is 11.4. The zero-order chi connectivity index (χ0) is 18.2. The number of benzene rings is 2. The number of aromatic nitrogens is 2. The highest BCUT2D eigenvalue weighted by Gasteiger charge is 2.13. The molecule has 0 radical (unpaired) electrons. The highest BCUT2D eigenvalue weighted by atomic mass is 32.2. The third kappa shape index (κ3) is 3.14. The average molecular weight is 358 g/mol. The second-order valence-electron chi connectivity index (χ2n) is 5.38. The number of hydrogen-bond acceptors (Lipinski definition) is 5. The Labute approximate surface area is 143 Å². The number of rotatable bonds is 3. The third-order valence-electron chi connectivity index (χ3n) is 3.76. The molecule has 0 amide bonds. The van der Waals surface area contributed by atoms with Gasteiger partial charge in [-0.1, -0.05) is 24.3 Å². The third-order valence-corrected chi connectivity index (χ3v) is 4.63. The van der Waals surface area contributed by atoms with Crippen LogP contribution in [0.15, 0.2) is 63.3 Å². The zero-order valence-electron chi connectivity index (χ0n) is 13.1. The summed E-state index contributed by atoms with van der Waals surface area (Å²) < 4.78 is 31.8. The first-order chi connectivity index (χ1) is 11.8. The van der Waals surface area contributed by atoms with Crippen LogP contribution in [-0.2, 0) is 10.1 Å². The summed E-state index contributed by atoms with van der Waals surface area (Å²) in [6.07, 6.45) is 0. The Hall–Kier alpha value is -3.04. The molecule has 0 spiro atoms. The van der Waals surface area contributed by atoms with Gasteiger partial charge >= 0.3 is 0 Å². The van der Waals surface area contributed by atoms with Gasteiger partial charge < -0.3 is 0 Å². The van der Waals surface area contributed by atoms with Crippen molar-refractivity contribution in [3.8, 4) is 16.8 Å². The van der Waals surface area contributed by atoms with E-state index in [1.807, 2.05) is 0 Å². The van der Waals surface area contributed by atoms with E-state index in [1.165, 1.54) is 35.4 Å². The lowest BCUT2D eigenvalue weighted by Crippen LogP contribution is -2.14. The molecule has 8 nitrogen and oxygen atoms in total. The lowest BCUT2D eigenvalue weighted by atomic mass is 9.95. The Balaban J connectivity index is 0.000000250. The van der Waals surface area contributed by atoms with E-state index >= 15 is 0 Å². The maximum absolute atomic E-state index is 11.9. The highest BCUT2D eigenvalue weighted by Crippen LogP contribution is 2.29. The van der Waals surface area contributed by atoms with E-state index in [0.717, 1.165) is 4.68 Å². The summed E-state index contributed by atoms with van der Waals surface area (Å²) in [5, 5.41) is 5.84. The van der Waals surface area contributed by atoms with Crippen molar-refractivity contribution in [1.29, 1.82) is 5.53 Å². The van der Waals surface area contributed by atoms with Crippen molar-refractivity contribution in [2.24, 2.45) is 5.11 Å². The summed E-state index contributed by atoms with van der Waals surface area (Å²) in [5.41, 5.74) is 10.0. The number of nitrogens with one attached hydrogen (secondary N) is 2. The number of nitrogens with zero attached hydrogens (tertiary/aromatic N) is 2. The smallest absolute Gasteiger partial charge is 0.293 e. The number of hydrogen-bond donors (Lipinski definition) is 3. The molecule has 9 heteroatoms. The standard InChI is InChI=1S/C10H10N4O4S.C6H4/c1-6-9(12-11)10(15)14(13-6)7-2-4-8(5-3-7)19(16,17)18;1-2-6-4-3-5(1)6/h2-5,11,13H,1H3,(H,16,17,18);1-4H. The first-order valence-corrected chi connectivity index (χ1v) is 8.62. The predicted molar refractivity (Wildman–Crippen MR) is 91.2 cm³/mol. The predicted octanol–water partition coefficient (Wildman–Crippen LogP) is 3.05. The first kappa shape index (κ1) is 16.8. The van der Waals surface area contributed by atoms with Gasteiger partial charge in [-0.15, -0.1) is 0 Å². The van der Waals surface area contributed by atoms with Gasteiger partial charge in [0.25, 0.3) is 15.7 Å². The van der Waals surface area contributed by atoms with Crippen LogP contribution in [0.4, 0.5) is 5.69 Å². The SMILES string of the molecule is Cc1[nH]n(-c2ccc(S(=O)(=O)O)cc2)c(=O)c1N=N.c1cc2ccc1-2. The van der Waals surface area contributed by atoms with Gasteiger partial charge in [-0.2, -0.15) is 13.5 Å². The molecule has 25 heavy (non-hydrogen) atoms. The lowest BCUT2D eigenvalue weighted by molar-refractivity contribution is 0.483. The van der Waals surface area contributed by atoms with Gasteiger partial charge in [0.15, 0.2) is 5.69 Å². The summed E-state index contributed by atoms with van der Waals surface area (Å²) in [7, 11) is -4.27. The molecule has 2 aliphatic rings. The largest absolute Gasteiger partial charge is 0.299 e. The van der Waals surface area contributed by atoms with Crippen molar-refractivity contribution in [3.05, 3.63) is 64.6 Å². The van der Waals surface area contributed by atoms with Gasteiger partial charge in [0.05, 0.1) is 16.3 Å². The van der Waals surface area contributed by atoms with E-state index in [1.54, 1.807) is 6.92 Å². The highest BCUT2D eigenvalue weighted by molar-refractivity contribution is 7.85. The molecule has 4 rings (SSSR count). The Morgan fingerprint density at radius 2 is 1.56 bits per heavy atom. The van der Waals surface area contributed by atoms with Crippen molar-refractivity contribution in [3.63, 3.8) is 0 Å². The van der Waals surface area contributed by atoms with Crippen LogP contribution < -0.4 is 5.56 Å². The quantitative estimate of drug-likeness (QED) is 0.384. The van der Waals surface area contributed by atoms with Crippen LogP contribution in [0, 0.1) is 12.5 Å². The number of aryl methyl sites for hydroxylation is 1. The van der Waals surface area contributed by atoms with Crippen molar-refractivity contribution in [1.82, 2.24) is 9.78 Å². The maximum Gasteiger partial charge on any atom is 0.299 e. The monoisotopic (exact) mass is 358 g/mol. The molecule has 0 fully saturated rings. The lowest BCUT2D eigenvalue weighted by Gasteiger charge is -2.10. The van der Waals surface area contributed by atoms with E-state index in [2.05, 4.69) is 34.5 Å². The number of fused-ring (bicyclic) bond motifs is 1. The molecule has 0 bridgehead atoms. The molecule has 1 aromatic heterocycles. The van der Waals surface area contributed by atoms with E-state index < -0.39 is 15.7 Å². The van der Waals surface area contributed by atoms with Crippen LogP contribution in [0.25, 0.3) is 16.8 Å². The minimum Gasteiger partial charge on any atom is -0.293 e. The summed E-state index contributed by atoms with van der Waals surface area (Å²) in [5.74, 6) is 0. The van der Waals surface area contributed by atoms with Gasteiger partial charge in [-0.25, -0.2) is 10.2 Å². The van der Waals surface area contributed by atoms with E-state index in [4.69, 9.17) is 10.1 Å². The second-order valence-corrected chi connectivity index (χ2v) is 6.81. The fourth-order valence-corrected chi connectivity index (χ4v) is 2.76. The van der Waals surface area contributed by atoms with Gasteiger partial charge in [0.1, 0.15) is 0 Å². The average Bonchev–Trinajstić information content (AvgIpc) is 2.84. The van der Waals surface area contributed by atoms with Crippen LogP contribution in [0.3, 0.4) is 0 Å². The Bertz CT molecular complexity index is 1070. The molecule has 128 valence electrons. The molecule has 2 aliphatic carbocycles. The summed E-state index contributed by atoms with van der Waals surface area (Å²) >= 11 is 0. The summed E-state index contributed by atoms with van der Waals surface area (Å²) in [4.78, 5) is 11.6. The van der Waals surface area contributed by atoms with Crippen LogP contribution >= 0.6 is 0 Å². The molecule has 0 unspecified atom stereocenters. The maximum atomic E-state index is 11.9. The van der Waals surface area contributed by atoms with Crippen LogP contribution in [0.5, 0.6) is 0 Å². The van der Waals surface area contributed by atoms with E-state index in [0.29, 0.717) is 11.4 Å². The van der Waals surface area contributed by atoms with Gasteiger partial charge in [-0.05, 0) is 42.3 Å². The fourth-order valence-electron chi connectivity index (χ4n) is 2.28. The Morgan fingerprint density at radius 1 is 1.04 bits per heavy atom. The summed E-state index contributed by atoms with van der Waals surface area (Å²) in [6, 6.07) is 13.5. The van der Waals surface area contributed by atoms with Crippen molar-refractivity contribution in [2.75, 3.05) is 0 Å². The molecular formula is C16H14N4O4S. The Morgan fingerprint density at radius 3 is 1.88 bits per heavy atom. The van der Waals surface area contributed by atoms with Gasteiger partial charge in [0.2, 0.25) is 0 Å². The topological polar surface area (TPSA) is 128 Å². The first-order valence-electron chi connectivity index (χ1n) is 7.18. The molecule has 0 saturated carbocycles. The minimum atomic E-state index is -4.27. The van der Waals surface area contributed by atoms with Crippen molar-refractivity contribution in [2.45, 2.75) is 11.8 Å². The zero-order valence-corrected chi connectivity index (χ0v) is 13.9. The van der Waals surface area contributed by atoms with Crippen LogP contribution in [0.1, 0.15) is 5.69 Å². The molecule has 0 atom stereocenters. The second kappa shape index (κ2) is 6.11. The minimum absolute atomic E-state index is 0.0149. The molecule has 1 heterocycles. The molecule has 1 aromatic carbocycles. The molecule has 0 saturated heterocycles. The van der Waals surface area contributed by atoms with Crippen LogP contribution in [0.2, 0.25) is 0 Å². The van der Waals surface area contributed by atoms with Gasteiger partial charge in [0, 0.05) is 0 Å². The number of aromatic amines is 1. The Kier molecular flexibility index (Phi) is 4.11.